The highest BCUT2D eigenvalue weighted by Crippen LogP contribution is 2.54. The van der Waals surface area contributed by atoms with Crippen LogP contribution < -0.4 is 16.3 Å². The van der Waals surface area contributed by atoms with E-state index < -0.39 is 53.5 Å². The summed E-state index contributed by atoms with van der Waals surface area (Å²) in [6.07, 6.45) is -0.285. The van der Waals surface area contributed by atoms with Crippen LogP contribution in [-0.4, -0.2) is 97.9 Å². The van der Waals surface area contributed by atoms with Gasteiger partial charge in [0.15, 0.2) is 0 Å². The number of fused-ring (bicyclic) bond motifs is 1. The molecule has 1 aromatic rings. The Labute approximate surface area is 273 Å². The van der Waals surface area contributed by atoms with Crippen molar-refractivity contribution in [3.8, 4) is 5.75 Å². The summed E-state index contributed by atoms with van der Waals surface area (Å²) in [6.45, 7) is 2.05. The molecule has 2 radical (unpaired) electrons. The van der Waals surface area contributed by atoms with E-state index in [1.165, 1.54) is 14.2 Å². The number of carbonyl (C=O) groups is 3. The Hall–Kier alpha value is -3.10. The molecule has 5 rings (SSSR count). The van der Waals surface area contributed by atoms with Gasteiger partial charge in [-0.05, 0) is 68.6 Å². The third kappa shape index (κ3) is 6.40. The number of carbonyl (C=O) groups excluding carboxylic acids is 3. The third-order valence-corrected chi connectivity index (χ3v) is 10.6. The molecule has 0 bridgehead atoms. The second-order valence-corrected chi connectivity index (χ2v) is 14.0. The maximum atomic E-state index is 14.6. The Morgan fingerprint density at radius 1 is 1.26 bits per heavy atom. The third-order valence-electron chi connectivity index (χ3n) is 10.3. The molecule has 2 heterocycles. The minimum absolute atomic E-state index is 0.0327. The van der Waals surface area contributed by atoms with Crippen LogP contribution in [0.1, 0.15) is 62.6 Å². The zero-order chi connectivity index (χ0) is 33.8. The van der Waals surface area contributed by atoms with Gasteiger partial charge in [-0.1, -0.05) is 11.6 Å². The summed E-state index contributed by atoms with van der Waals surface area (Å²) in [4.78, 5) is 44.3. The van der Waals surface area contributed by atoms with Crippen LogP contribution in [0.15, 0.2) is 23.5 Å². The molecule has 5 N–H and O–H groups in total. The van der Waals surface area contributed by atoms with Crippen LogP contribution >= 0.6 is 11.6 Å². The van der Waals surface area contributed by atoms with E-state index in [9.17, 15) is 28.3 Å². The van der Waals surface area contributed by atoms with Crippen LogP contribution in [0.2, 0.25) is 5.02 Å². The first-order chi connectivity index (χ1) is 21.5. The highest BCUT2D eigenvalue weighted by Gasteiger charge is 2.56. The summed E-state index contributed by atoms with van der Waals surface area (Å²) in [5.41, 5.74) is 3.31. The molecule has 3 unspecified atom stereocenters. The minimum atomic E-state index is -2.95. The minimum Gasteiger partial charge on any atom is -0.487 e. The topological polar surface area (TPSA) is 152 Å². The predicted molar refractivity (Wildman–Crippen MR) is 165 cm³/mol. The first-order valence-electron chi connectivity index (χ1n) is 15.4. The molecular formula is C31H41BClF2N5O6. The van der Waals surface area contributed by atoms with E-state index in [4.69, 9.17) is 40.5 Å². The SMILES string of the molecule is [B]C1(O)CC[C@](C)(C(=O)OC)C(C(=O)N2CCc3c(Cl)ccc(OC/C(N)=C(\C(F)F)N(C)N)c3C2CN2CC3(CC3)CC2=O)C1. The van der Waals surface area contributed by atoms with Crippen molar-refractivity contribution >= 4 is 37.2 Å². The number of allylic oxidation sites excluding steroid dienone is 1. The Morgan fingerprint density at radius 2 is 1.96 bits per heavy atom. The van der Waals surface area contributed by atoms with Crippen molar-refractivity contribution in [2.45, 2.75) is 69.8 Å². The molecular weight excluding hydrogens is 623 g/mol. The van der Waals surface area contributed by atoms with E-state index in [2.05, 4.69) is 0 Å². The van der Waals surface area contributed by atoms with Crippen LogP contribution in [0.3, 0.4) is 0 Å². The number of rotatable bonds is 9. The number of aliphatic hydroxyl groups is 1. The lowest BCUT2D eigenvalue weighted by Crippen LogP contribution is -2.56. The Balaban J connectivity index is 1.56. The summed E-state index contributed by atoms with van der Waals surface area (Å²) in [6, 6.07) is 2.42. The number of amides is 2. The maximum absolute atomic E-state index is 14.6. The van der Waals surface area contributed by atoms with E-state index >= 15 is 0 Å². The fourth-order valence-electron chi connectivity index (χ4n) is 7.35. The number of benzene rings is 1. The zero-order valence-corrected chi connectivity index (χ0v) is 27.1. The molecule has 46 heavy (non-hydrogen) atoms. The average molecular weight is 664 g/mol. The monoisotopic (exact) mass is 663 g/mol. The molecule has 250 valence electrons. The van der Waals surface area contributed by atoms with Gasteiger partial charge < -0.3 is 35.1 Å². The molecule has 4 aliphatic rings. The van der Waals surface area contributed by atoms with E-state index in [1.807, 2.05) is 0 Å². The number of hydrogen-bond acceptors (Lipinski definition) is 9. The van der Waals surface area contributed by atoms with E-state index in [-0.39, 0.29) is 55.1 Å². The molecule has 11 nitrogen and oxygen atoms in total. The first kappa shape index (κ1) is 34.2. The molecule has 2 saturated carbocycles. The molecule has 2 aliphatic heterocycles. The molecule has 4 atom stereocenters. The summed E-state index contributed by atoms with van der Waals surface area (Å²) in [5, 5.41) is 12.0. The number of methoxy groups -OCH3 is 1. The molecule has 0 aromatic heterocycles. The van der Waals surface area contributed by atoms with Gasteiger partial charge in [0, 0.05) is 49.2 Å². The second-order valence-electron chi connectivity index (χ2n) is 13.6. The van der Waals surface area contributed by atoms with E-state index in [0.29, 0.717) is 35.5 Å². The number of nitrogens with zero attached hydrogens (tertiary/aromatic N) is 3. The molecule has 1 aromatic carbocycles. The number of likely N-dealkylation sites (tertiary alicyclic amines) is 1. The van der Waals surface area contributed by atoms with Gasteiger partial charge in [-0.15, -0.1) is 0 Å². The molecule has 15 heteroatoms. The van der Waals surface area contributed by atoms with Gasteiger partial charge in [0.2, 0.25) is 11.8 Å². The molecule has 3 fully saturated rings. The van der Waals surface area contributed by atoms with Gasteiger partial charge in [-0.25, -0.2) is 14.6 Å². The van der Waals surface area contributed by atoms with Crippen molar-refractivity contribution in [3.63, 3.8) is 0 Å². The fourth-order valence-corrected chi connectivity index (χ4v) is 7.61. The Kier molecular flexibility index (Phi) is 9.30. The van der Waals surface area contributed by atoms with Crippen molar-refractivity contribution < 1.29 is 37.7 Å². The van der Waals surface area contributed by atoms with Crippen molar-refractivity contribution in [1.82, 2.24) is 14.8 Å². The lowest BCUT2D eigenvalue weighted by atomic mass is 9.57. The highest BCUT2D eigenvalue weighted by atomic mass is 35.5. The number of esters is 1. The van der Waals surface area contributed by atoms with Crippen molar-refractivity contribution in [2.24, 2.45) is 28.3 Å². The van der Waals surface area contributed by atoms with Gasteiger partial charge in [-0.2, -0.15) is 0 Å². The average Bonchev–Trinajstić information content (AvgIpc) is 3.67. The van der Waals surface area contributed by atoms with Crippen LogP contribution in [0.25, 0.3) is 0 Å². The van der Waals surface area contributed by atoms with Crippen LogP contribution in [0, 0.1) is 16.7 Å². The zero-order valence-electron chi connectivity index (χ0n) is 26.4. The second kappa shape index (κ2) is 12.5. The quantitative estimate of drug-likeness (QED) is 0.156. The summed E-state index contributed by atoms with van der Waals surface area (Å²) in [7, 11) is 8.63. The standard InChI is InChI=1S/C31H41BClF2N5O6/c1-29(28(43)45-3)7-10-31(32,44)12-18(29)27(42)40-11-6-17-19(33)4-5-22(46-15-20(36)25(26(34)35)38(2)37)24(17)21(40)14-39-16-30(8-9-30)13-23(39)41/h4-5,18,21,26,44H,6-16,36-37H2,1-3H3/b25-20-/t18?,21?,29-,31?/m0/s1. The Bertz CT molecular complexity index is 1430. The number of ether oxygens (including phenoxy) is 2. The predicted octanol–water partition coefficient (Wildman–Crippen LogP) is 2.23. The molecule has 1 spiro atoms. The van der Waals surface area contributed by atoms with Gasteiger partial charge in [0.1, 0.15) is 25.9 Å². The molecule has 1 saturated heterocycles. The summed E-state index contributed by atoms with van der Waals surface area (Å²) < 4.78 is 38.5. The summed E-state index contributed by atoms with van der Waals surface area (Å²) in [5.74, 6) is 3.75. The summed E-state index contributed by atoms with van der Waals surface area (Å²) >= 11 is 6.69. The number of nitrogens with two attached hydrogens (primary N) is 2. The fraction of sp³-hybridized carbons (Fsp3) is 0.645. The lowest BCUT2D eigenvalue weighted by Gasteiger charge is -2.48. The van der Waals surface area contributed by atoms with Crippen LogP contribution in [0.5, 0.6) is 5.75 Å². The molecule has 2 aliphatic carbocycles. The normalized spacial score (nSPS) is 29.0. The van der Waals surface area contributed by atoms with Gasteiger partial charge in [-0.3, -0.25) is 14.4 Å². The lowest BCUT2D eigenvalue weighted by molar-refractivity contribution is -0.169. The van der Waals surface area contributed by atoms with Crippen LogP contribution in [-0.2, 0) is 25.5 Å². The number of halogens is 3. The maximum Gasteiger partial charge on any atom is 0.312 e. The van der Waals surface area contributed by atoms with Crippen molar-refractivity contribution in [1.29, 1.82) is 0 Å². The van der Waals surface area contributed by atoms with Crippen molar-refractivity contribution in [3.05, 3.63) is 39.7 Å². The van der Waals surface area contributed by atoms with Crippen LogP contribution in [0.4, 0.5) is 8.78 Å². The number of hydrogen-bond donors (Lipinski definition) is 3. The van der Waals surface area contributed by atoms with Gasteiger partial charge in [0.25, 0.3) is 6.43 Å². The van der Waals surface area contributed by atoms with Gasteiger partial charge in [0.05, 0.1) is 30.2 Å². The van der Waals surface area contributed by atoms with Crippen molar-refractivity contribution in [2.75, 3.05) is 40.4 Å². The van der Waals surface area contributed by atoms with E-state index in [0.717, 1.165) is 17.9 Å². The number of hydrazine groups is 1. The van der Waals surface area contributed by atoms with Gasteiger partial charge >= 0.3 is 5.97 Å². The number of alkyl halides is 2. The smallest absolute Gasteiger partial charge is 0.312 e. The van der Waals surface area contributed by atoms with E-state index in [1.54, 1.807) is 28.9 Å². The highest BCUT2D eigenvalue weighted by molar-refractivity contribution is 6.31. The molecule has 2 amide bonds. The first-order valence-corrected chi connectivity index (χ1v) is 15.8. The Morgan fingerprint density at radius 3 is 2.54 bits per heavy atom. The largest absolute Gasteiger partial charge is 0.487 e.